The monoisotopic (exact) mass is 357 g/mol. The highest BCUT2D eigenvalue weighted by Crippen LogP contribution is 2.24. The summed E-state index contributed by atoms with van der Waals surface area (Å²) in [5.74, 6) is -2.94. The van der Waals surface area contributed by atoms with Crippen molar-refractivity contribution in [1.82, 2.24) is 4.90 Å². The minimum atomic E-state index is -3.22. The molecule has 9 heteroatoms. The fourth-order valence-electron chi connectivity index (χ4n) is 2.21. The number of carboxylic acid groups (broad SMARTS) is 1. The molecule has 25 heavy (non-hydrogen) atoms. The first kappa shape index (κ1) is 18.4. The molecule has 0 bridgehead atoms. The average molecular weight is 357 g/mol. The number of hydrogen-bond donors (Lipinski definition) is 1. The Morgan fingerprint density at radius 1 is 1.28 bits per heavy atom. The Morgan fingerprint density at radius 3 is 2.52 bits per heavy atom. The van der Waals surface area contributed by atoms with Crippen LogP contribution in [0.2, 0.25) is 0 Å². The second-order valence-electron chi connectivity index (χ2n) is 5.17. The number of ether oxygens (including phenoxy) is 1. The zero-order valence-corrected chi connectivity index (χ0v) is 13.3. The number of benzene rings is 1. The number of hydrogen-bond acceptors (Lipinski definition) is 4. The summed E-state index contributed by atoms with van der Waals surface area (Å²) in [6, 6.07) is 3.93. The smallest absolute Gasteiger partial charge is 0.387 e. The summed E-state index contributed by atoms with van der Waals surface area (Å²) in [6.07, 6.45) is 0. The number of rotatable bonds is 6. The second kappa shape index (κ2) is 7.29. The molecule has 2 rings (SSSR count). The van der Waals surface area contributed by atoms with Gasteiger partial charge in [-0.05, 0) is 25.1 Å². The van der Waals surface area contributed by atoms with Crippen LogP contribution in [-0.4, -0.2) is 35.5 Å². The second-order valence-corrected chi connectivity index (χ2v) is 5.17. The Morgan fingerprint density at radius 2 is 1.96 bits per heavy atom. The number of aromatic carboxylic acids is 1. The topological polar surface area (TPSA) is 80.0 Å². The summed E-state index contributed by atoms with van der Waals surface area (Å²) in [4.78, 5) is 24.5. The van der Waals surface area contributed by atoms with Crippen molar-refractivity contribution in [3.63, 3.8) is 0 Å². The SMILES string of the molecule is Cc1oc(CN(C)C(=O)c2ccc(F)cc2OC(F)F)cc1C(=O)O. The molecule has 0 aliphatic rings. The Bertz CT molecular complexity index is 803. The number of carbonyl (C=O) groups excluding carboxylic acids is 1. The molecule has 0 aliphatic carbocycles. The van der Waals surface area contributed by atoms with E-state index in [2.05, 4.69) is 4.74 Å². The van der Waals surface area contributed by atoms with Crippen molar-refractivity contribution < 1.29 is 37.0 Å². The van der Waals surface area contributed by atoms with Crippen LogP contribution in [-0.2, 0) is 6.54 Å². The third kappa shape index (κ3) is 4.31. The molecule has 0 atom stereocenters. The van der Waals surface area contributed by atoms with E-state index in [0.29, 0.717) is 6.07 Å². The zero-order chi connectivity index (χ0) is 18.7. The highest BCUT2D eigenvalue weighted by molar-refractivity contribution is 5.96. The van der Waals surface area contributed by atoms with Crippen LogP contribution in [0.1, 0.15) is 32.2 Å². The summed E-state index contributed by atoms with van der Waals surface area (Å²) in [6.45, 7) is -1.87. The Kier molecular flexibility index (Phi) is 5.35. The Labute approximate surface area is 140 Å². The van der Waals surface area contributed by atoms with Crippen molar-refractivity contribution in [2.75, 3.05) is 7.05 Å². The summed E-state index contributed by atoms with van der Waals surface area (Å²) in [5, 5.41) is 8.98. The van der Waals surface area contributed by atoms with E-state index in [4.69, 9.17) is 9.52 Å². The van der Waals surface area contributed by atoms with E-state index in [-0.39, 0.29) is 29.2 Å². The molecule has 1 amide bonds. The van der Waals surface area contributed by atoms with Gasteiger partial charge in [-0.25, -0.2) is 9.18 Å². The predicted molar refractivity (Wildman–Crippen MR) is 79.2 cm³/mol. The van der Waals surface area contributed by atoms with E-state index in [1.54, 1.807) is 0 Å². The molecule has 2 aromatic rings. The maximum atomic E-state index is 13.2. The van der Waals surface area contributed by atoms with E-state index < -0.39 is 30.1 Å². The first-order valence-corrected chi connectivity index (χ1v) is 7.01. The molecule has 0 saturated heterocycles. The molecule has 1 aromatic carbocycles. The van der Waals surface area contributed by atoms with E-state index in [1.165, 1.54) is 20.0 Å². The van der Waals surface area contributed by atoms with E-state index in [1.807, 2.05) is 0 Å². The molecule has 0 saturated carbocycles. The first-order chi connectivity index (χ1) is 11.7. The van der Waals surface area contributed by atoms with E-state index in [9.17, 15) is 22.8 Å². The lowest BCUT2D eigenvalue weighted by atomic mass is 10.1. The summed E-state index contributed by atoms with van der Waals surface area (Å²) < 4.78 is 47.5. The number of alkyl halides is 2. The Balaban J connectivity index is 2.22. The summed E-state index contributed by atoms with van der Waals surface area (Å²) in [7, 11) is 1.36. The maximum absolute atomic E-state index is 13.2. The van der Waals surface area contributed by atoms with Gasteiger partial charge in [0.15, 0.2) is 0 Å². The van der Waals surface area contributed by atoms with Crippen LogP contribution in [0, 0.1) is 12.7 Å². The molecule has 0 fully saturated rings. The fourth-order valence-corrected chi connectivity index (χ4v) is 2.21. The molecule has 134 valence electrons. The van der Waals surface area contributed by atoms with Crippen LogP contribution in [0.15, 0.2) is 28.7 Å². The molecule has 1 aromatic heterocycles. The number of nitrogens with zero attached hydrogens (tertiary/aromatic N) is 1. The summed E-state index contributed by atoms with van der Waals surface area (Å²) in [5.41, 5.74) is -0.301. The molecule has 1 heterocycles. The van der Waals surface area contributed by atoms with Gasteiger partial charge >= 0.3 is 12.6 Å². The molecular formula is C16H14F3NO5. The largest absolute Gasteiger partial charge is 0.478 e. The van der Waals surface area contributed by atoms with Gasteiger partial charge in [-0.1, -0.05) is 0 Å². The molecule has 0 unspecified atom stereocenters. The summed E-state index contributed by atoms with van der Waals surface area (Å²) >= 11 is 0. The van der Waals surface area contributed by atoms with Crippen molar-refractivity contribution in [2.24, 2.45) is 0 Å². The van der Waals surface area contributed by atoms with Crippen LogP contribution in [0.4, 0.5) is 13.2 Å². The third-order valence-corrected chi connectivity index (χ3v) is 3.33. The van der Waals surface area contributed by atoms with Crippen molar-refractivity contribution in [1.29, 1.82) is 0 Å². The molecule has 0 aliphatic heterocycles. The van der Waals surface area contributed by atoms with Crippen molar-refractivity contribution >= 4 is 11.9 Å². The van der Waals surface area contributed by atoms with Crippen LogP contribution < -0.4 is 4.74 Å². The van der Waals surface area contributed by atoms with E-state index in [0.717, 1.165) is 17.0 Å². The average Bonchev–Trinajstić information content (AvgIpc) is 2.87. The highest BCUT2D eigenvalue weighted by Gasteiger charge is 2.22. The third-order valence-electron chi connectivity index (χ3n) is 3.33. The fraction of sp³-hybridized carbons (Fsp3) is 0.250. The molecule has 6 nitrogen and oxygen atoms in total. The molecular weight excluding hydrogens is 343 g/mol. The normalized spacial score (nSPS) is 10.8. The zero-order valence-electron chi connectivity index (χ0n) is 13.3. The van der Waals surface area contributed by atoms with Gasteiger partial charge in [-0.2, -0.15) is 8.78 Å². The van der Waals surface area contributed by atoms with Crippen LogP contribution >= 0.6 is 0 Å². The number of aryl methyl sites for hydroxylation is 1. The number of amides is 1. The molecule has 0 spiro atoms. The predicted octanol–water partition coefficient (Wildman–Crippen LogP) is 3.30. The standard InChI is InChI=1S/C16H14F3NO5/c1-8-12(15(22)23)6-10(24-8)7-20(2)14(21)11-4-3-9(17)5-13(11)25-16(18)19/h3-6,16H,7H2,1-2H3,(H,22,23). The van der Waals surface area contributed by atoms with Gasteiger partial charge in [0.05, 0.1) is 12.1 Å². The molecule has 0 radical (unpaired) electrons. The number of carbonyl (C=O) groups is 2. The van der Waals surface area contributed by atoms with Gasteiger partial charge in [-0.3, -0.25) is 4.79 Å². The van der Waals surface area contributed by atoms with Crippen molar-refractivity contribution in [3.8, 4) is 5.75 Å². The number of carboxylic acids is 1. The van der Waals surface area contributed by atoms with Crippen LogP contribution in [0.5, 0.6) is 5.75 Å². The van der Waals surface area contributed by atoms with Gasteiger partial charge in [0.25, 0.3) is 5.91 Å². The van der Waals surface area contributed by atoms with Gasteiger partial charge in [0, 0.05) is 13.1 Å². The lowest BCUT2D eigenvalue weighted by Crippen LogP contribution is -2.26. The minimum Gasteiger partial charge on any atom is -0.478 e. The quantitative estimate of drug-likeness (QED) is 0.858. The van der Waals surface area contributed by atoms with Crippen LogP contribution in [0.3, 0.4) is 0 Å². The van der Waals surface area contributed by atoms with Gasteiger partial charge in [-0.15, -0.1) is 0 Å². The van der Waals surface area contributed by atoms with E-state index >= 15 is 0 Å². The lowest BCUT2D eigenvalue weighted by molar-refractivity contribution is -0.0504. The van der Waals surface area contributed by atoms with Crippen LogP contribution in [0.25, 0.3) is 0 Å². The highest BCUT2D eigenvalue weighted by atomic mass is 19.3. The number of furan rings is 1. The van der Waals surface area contributed by atoms with Gasteiger partial charge in [0.1, 0.15) is 28.7 Å². The number of halogens is 3. The molecule has 1 N–H and O–H groups in total. The first-order valence-electron chi connectivity index (χ1n) is 7.01. The minimum absolute atomic E-state index is 0.0423. The lowest BCUT2D eigenvalue weighted by Gasteiger charge is -2.18. The van der Waals surface area contributed by atoms with Crippen molar-refractivity contribution in [3.05, 3.63) is 52.7 Å². The Hall–Kier alpha value is -2.97. The maximum Gasteiger partial charge on any atom is 0.387 e. The van der Waals surface area contributed by atoms with Gasteiger partial charge < -0.3 is 19.2 Å². The van der Waals surface area contributed by atoms with Crippen molar-refractivity contribution in [2.45, 2.75) is 20.1 Å². The van der Waals surface area contributed by atoms with Gasteiger partial charge in [0.2, 0.25) is 0 Å².